The SMILES string of the molecule is CC(=O)N(CCC12CCC3C(CCC4C5(C)CCC(OC(=O)CC(C)(C)C(=O)O)C(C)(C)C5=CCC34C)C1=C(C(C)C)C(=O)C2)Cc1ccccc1Cl. The van der Waals surface area contributed by atoms with Crippen LogP contribution in [0.4, 0.5) is 0 Å². The molecule has 5 aliphatic carbocycles. The van der Waals surface area contributed by atoms with Gasteiger partial charge in [-0.3, -0.25) is 19.2 Å². The molecular formula is C45H62ClNO6. The first-order chi connectivity index (χ1) is 24.7. The van der Waals surface area contributed by atoms with E-state index in [1.807, 2.05) is 29.2 Å². The van der Waals surface area contributed by atoms with Crippen LogP contribution in [-0.4, -0.2) is 46.3 Å². The van der Waals surface area contributed by atoms with Crippen molar-refractivity contribution in [2.45, 2.75) is 139 Å². The molecule has 6 rings (SSSR count). The van der Waals surface area contributed by atoms with Crippen LogP contribution < -0.4 is 0 Å². The molecule has 7 unspecified atom stereocenters. The first-order valence-corrected chi connectivity index (χ1v) is 20.5. The zero-order valence-electron chi connectivity index (χ0n) is 33.6. The average molecular weight is 748 g/mol. The van der Waals surface area contributed by atoms with Crippen LogP contribution in [0.25, 0.3) is 0 Å². The molecule has 7 atom stereocenters. The fraction of sp³-hybridized carbons (Fsp3) is 0.689. The van der Waals surface area contributed by atoms with Crippen LogP contribution in [0.3, 0.4) is 0 Å². The Bertz CT molecular complexity index is 1740. The minimum absolute atomic E-state index is 0.0245. The highest BCUT2D eigenvalue weighted by Gasteiger charge is 2.64. The largest absolute Gasteiger partial charge is 0.481 e. The molecule has 0 aromatic heterocycles. The zero-order valence-corrected chi connectivity index (χ0v) is 34.3. The van der Waals surface area contributed by atoms with Gasteiger partial charge in [-0.25, -0.2) is 0 Å². The number of amides is 1. The standard InChI is InChI=1S/C45H62ClNO6/c1-27(2)38-33(49)24-45(22-23-47(28(3)48)26-29-12-10-11-13-32(29)46)21-16-31-30(39(38)45)14-15-35-43(31,8)19-17-34-42(6,7)36(18-20-44(34,35)9)53-37(50)25-41(4,5)40(51)52/h10-13,17,27,30-31,35-36H,14-16,18-26H2,1-9H3,(H,51,52). The summed E-state index contributed by atoms with van der Waals surface area (Å²) >= 11 is 6.52. The first-order valence-electron chi connectivity index (χ1n) is 20.1. The number of ether oxygens (including phenoxy) is 1. The van der Waals surface area contributed by atoms with Gasteiger partial charge in [-0.05, 0) is 117 Å². The Morgan fingerprint density at radius 3 is 2.38 bits per heavy atom. The van der Waals surface area contributed by atoms with Crippen LogP contribution in [0.1, 0.15) is 132 Å². The summed E-state index contributed by atoms with van der Waals surface area (Å²) in [6.07, 6.45) is 10.2. The van der Waals surface area contributed by atoms with Crippen LogP contribution in [0.2, 0.25) is 5.02 Å². The highest BCUT2D eigenvalue weighted by atomic mass is 35.5. The number of allylic oxidation sites excluding steroid dienone is 3. The van der Waals surface area contributed by atoms with E-state index < -0.39 is 17.4 Å². The van der Waals surface area contributed by atoms with E-state index in [1.165, 1.54) is 11.1 Å². The summed E-state index contributed by atoms with van der Waals surface area (Å²) in [6, 6.07) is 7.72. The van der Waals surface area contributed by atoms with Crippen molar-refractivity contribution < 1.29 is 29.0 Å². The van der Waals surface area contributed by atoms with Crippen LogP contribution >= 0.6 is 11.6 Å². The second-order valence-electron chi connectivity index (χ2n) is 19.4. The van der Waals surface area contributed by atoms with Gasteiger partial charge in [0.1, 0.15) is 6.10 Å². The summed E-state index contributed by atoms with van der Waals surface area (Å²) in [5, 5.41) is 10.3. The van der Waals surface area contributed by atoms with Crippen LogP contribution in [-0.2, 0) is 30.5 Å². The van der Waals surface area contributed by atoms with Gasteiger partial charge in [0.25, 0.3) is 0 Å². The molecule has 53 heavy (non-hydrogen) atoms. The van der Waals surface area contributed by atoms with Gasteiger partial charge in [-0.2, -0.15) is 0 Å². The van der Waals surface area contributed by atoms with Gasteiger partial charge >= 0.3 is 11.9 Å². The number of hydrogen-bond donors (Lipinski definition) is 1. The molecule has 1 aromatic rings. The lowest BCUT2D eigenvalue weighted by atomic mass is 9.39. The van der Waals surface area contributed by atoms with E-state index in [9.17, 15) is 24.3 Å². The van der Waals surface area contributed by atoms with Crippen LogP contribution in [0, 0.1) is 50.7 Å². The Hall–Kier alpha value is -2.93. The summed E-state index contributed by atoms with van der Waals surface area (Å²) in [7, 11) is 0. The molecule has 1 N–H and O–H groups in total. The molecule has 8 heteroatoms. The lowest BCUT2D eigenvalue weighted by Crippen LogP contribution is -2.59. The number of fused-ring (bicyclic) bond motifs is 7. The molecule has 5 aliphatic rings. The van der Waals surface area contributed by atoms with Gasteiger partial charge in [0.15, 0.2) is 5.78 Å². The van der Waals surface area contributed by atoms with Gasteiger partial charge in [0.2, 0.25) is 5.91 Å². The Balaban J connectivity index is 1.27. The molecule has 0 aliphatic heterocycles. The van der Waals surface area contributed by atoms with Crippen LogP contribution in [0.15, 0.2) is 47.1 Å². The monoisotopic (exact) mass is 747 g/mol. The molecule has 1 amide bonds. The number of nitrogens with zero attached hydrogens (tertiary/aromatic N) is 1. The van der Waals surface area contributed by atoms with E-state index in [0.29, 0.717) is 48.1 Å². The second kappa shape index (κ2) is 14.0. The third-order valence-electron chi connectivity index (χ3n) is 15.1. The lowest BCUT2D eigenvalue weighted by Gasteiger charge is -2.66. The van der Waals surface area contributed by atoms with Crippen molar-refractivity contribution in [3.8, 4) is 0 Å². The van der Waals surface area contributed by atoms with Crippen molar-refractivity contribution in [3.63, 3.8) is 0 Å². The Kier molecular flexibility index (Phi) is 10.5. The summed E-state index contributed by atoms with van der Waals surface area (Å²) in [6.45, 7) is 19.6. The number of esters is 1. The van der Waals surface area contributed by atoms with Crippen molar-refractivity contribution in [2.75, 3.05) is 6.54 Å². The fourth-order valence-corrected chi connectivity index (χ4v) is 12.6. The van der Waals surface area contributed by atoms with Gasteiger partial charge in [-0.1, -0.05) is 88.6 Å². The fourth-order valence-electron chi connectivity index (χ4n) is 12.4. The molecule has 1 aromatic carbocycles. The van der Waals surface area contributed by atoms with Gasteiger partial charge in [-0.15, -0.1) is 0 Å². The van der Waals surface area contributed by atoms with E-state index in [-0.39, 0.29) is 46.0 Å². The Morgan fingerprint density at radius 2 is 1.74 bits per heavy atom. The van der Waals surface area contributed by atoms with E-state index in [0.717, 1.165) is 62.5 Å². The minimum Gasteiger partial charge on any atom is -0.481 e. The number of carboxylic acids is 1. The number of carbonyl (C=O) groups excluding carboxylic acids is 3. The van der Waals surface area contributed by atoms with Crippen molar-refractivity contribution in [1.29, 1.82) is 0 Å². The quantitative estimate of drug-likeness (QED) is 0.189. The molecule has 3 fully saturated rings. The lowest BCUT2D eigenvalue weighted by molar-refractivity contribution is -0.168. The minimum atomic E-state index is -1.18. The summed E-state index contributed by atoms with van der Waals surface area (Å²) < 4.78 is 6.12. The van der Waals surface area contributed by atoms with E-state index >= 15 is 0 Å². The molecule has 7 nitrogen and oxygen atoms in total. The summed E-state index contributed by atoms with van der Waals surface area (Å²) in [5.41, 5.74) is 3.08. The molecular weight excluding hydrogens is 686 g/mol. The smallest absolute Gasteiger partial charge is 0.309 e. The number of carbonyl (C=O) groups is 4. The second-order valence-corrected chi connectivity index (χ2v) is 19.8. The molecule has 0 heterocycles. The molecule has 0 bridgehead atoms. The van der Waals surface area contributed by atoms with E-state index in [2.05, 4.69) is 47.6 Å². The maximum absolute atomic E-state index is 14.0. The molecule has 0 radical (unpaired) electrons. The van der Waals surface area contributed by atoms with Crippen molar-refractivity contribution in [1.82, 2.24) is 4.90 Å². The molecule has 0 spiro atoms. The Morgan fingerprint density at radius 1 is 1.04 bits per heavy atom. The normalized spacial score (nSPS) is 33.3. The number of Topliss-reactive ketones (excluding diaryl/α,β-unsaturated/α-hetero) is 1. The Labute approximate surface area is 322 Å². The predicted molar refractivity (Wildman–Crippen MR) is 208 cm³/mol. The highest BCUT2D eigenvalue weighted by molar-refractivity contribution is 6.31. The number of aliphatic carboxylic acids is 1. The highest BCUT2D eigenvalue weighted by Crippen LogP contribution is 2.72. The molecule has 0 saturated heterocycles. The average Bonchev–Trinajstić information content (AvgIpc) is 3.37. The van der Waals surface area contributed by atoms with Crippen molar-refractivity contribution >= 4 is 35.2 Å². The maximum atomic E-state index is 14.0. The number of rotatable bonds is 10. The number of halogens is 1. The number of carboxylic acid groups (broad SMARTS) is 1. The number of benzene rings is 1. The molecule has 3 saturated carbocycles. The van der Waals surface area contributed by atoms with Gasteiger partial charge in [0, 0.05) is 42.3 Å². The zero-order chi connectivity index (χ0) is 38.9. The van der Waals surface area contributed by atoms with Crippen LogP contribution in [0.5, 0.6) is 0 Å². The summed E-state index contributed by atoms with van der Waals surface area (Å²) in [5.74, 6) is 0.327. The first kappa shape index (κ1) is 39.8. The van der Waals surface area contributed by atoms with Crippen molar-refractivity contribution in [3.05, 3.63) is 57.6 Å². The van der Waals surface area contributed by atoms with Crippen molar-refractivity contribution in [2.24, 2.45) is 50.7 Å². The van der Waals surface area contributed by atoms with E-state index in [4.69, 9.17) is 16.3 Å². The molecule has 290 valence electrons. The topological polar surface area (TPSA) is 101 Å². The van der Waals surface area contributed by atoms with E-state index in [1.54, 1.807) is 20.8 Å². The third kappa shape index (κ3) is 6.73. The number of hydrogen-bond acceptors (Lipinski definition) is 5. The van der Waals surface area contributed by atoms with Gasteiger partial charge in [0.05, 0.1) is 11.8 Å². The third-order valence-corrected chi connectivity index (χ3v) is 15.4. The maximum Gasteiger partial charge on any atom is 0.309 e. The summed E-state index contributed by atoms with van der Waals surface area (Å²) in [4.78, 5) is 53.7. The number of ketones is 1. The van der Waals surface area contributed by atoms with Gasteiger partial charge < -0.3 is 14.7 Å². The predicted octanol–water partition coefficient (Wildman–Crippen LogP) is 10.0.